The topological polar surface area (TPSA) is 149 Å². The van der Waals surface area contributed by atoms with Gasteiger partial charge in [-0.2, -0.15) is 0 Å². The molecule has 0 spiro atoms. The third kappa shape index (κ3) is 7.94. The van der Waals surface area contributed by atoms with Crippen molar-refractivity contribution in [2.24, 2.45) is 0 Å². The van der Waals surface area contributed by atoms with Crippen LogP contribution in [0.3, 0.4) is 0 Å². The van der Waals surface area contributed by atoms with E-state index in [4.69, 9.17) is 11.6 Å². The van der Waals surface area contributed by atoms with Crippen molar-refractivity contribution < 1.29 is 92.4 Å². The van der Waals surface area contributed by atoms with Crippen LogP contribution in [-0.4, -0.2) is 74.4 Å². The first-order chi connectivity index (χ1) is 20.0. The fraction of sp³-hybridized carbons (Fsp3) is 0.286. The molecule has 2 aromatic carbocycles. The molecule has 2 saturated heterocycles. The zero-order valence-corrected chi connectivity index (χ0v) is 30.2. The number of benzene rings is 2. The fourth-order valence-electron chi connectivity index (χ4n) is 5.56. The van der Waals surface area contributed by atoms with Gasteiger partial charge in [0.1, 0.15) is 25.8 Å². The van der Waals surface area contributed by atoms with Gasteiger partial charge in [0.25, 0.3) is 0 Å². The van der Waals surface area contributed by atoms with Crippen LogP contribution in [0.4, 0.5) is 0 Å². The number of hydrazine groups is 1. The van der Waals surface area contributed by atoms with Gasteiger partial charge in [-0.05, 0) is 41.5 Å². The number of hydrogen-bond acceptors (Lipinski definition) is 9. The Morgan fingerprint density at radius 3 is 2.50 bits per heavy atom. The first-order valence-electron chi connectivity index (χ1n) is 13.0. The van der Waals surface area contributed by atoms with Crippen molar-refractivity contribution in [2.75, 3.05) is 19.6 Å². The third-order valence-corrected chi connectivity index (χ3v) is 7.99. The number of carbonyl (C=O) groups is 3. The molecule has 0 unspecified atom stereocenters. The monoisotopic (exact) mass is 657 g/mol. The summed E-state index contributed by atoms with van der Waals surface area (Å²) in [7, 11) is -5.24. The maximum atomic E-state index is 14.1. The van der Waals surface area contributed by atoms with Crippen molar-refractivity contribution in [1.29, 1.82) is 0 Å². The second-order valence-corrected chi connectivity index (χ2v) is 11.5. The van der Waals surface area contributed by atoms with Gasteiger partial charge < -0.3 is 28.7 Å². The number of aromatic nitrogens is 1. The molecule has 3 aromatic rings. The van der Waals surface area contributed by atoms with E-state index in [1.807, 2.05) is 6.07 Å². The molecule has 3 heterocycles. The van der Waals surface area contributed by atoms with Gasteiger partial charge in [0.2, 0.25) is 17.7 Å². The van der Waals surface area contributed by atoms with E-state index in [-0.39, 0.29) is 115 Å². The molecule has 0 bridgehead atoms. The van der Waals surface area contributed by atoms with Gasteiger partial charge in [-0.15, -0.1) is 6.58 Å². The Balaban J connectivity index is 0.00000264. The Labute approximate surface area is 303 Å². The van der Waals surface area contributed by atoms with Crippen LogP contribution >= 0.6 is 19.4 Å². The van der Waals surface area contributed by atoms with E-state index in [0.29, 0.717) is 16.1 Å². The minimum Gasteiger partial charge on any atom is -0.780 e. The number of pyridine rings is 1. The standard InChI is InChI=1S/C28H29ClN5O7P.2Na/c1-3-13-32-17-26(36)33-24(14-19-6-9-21(10-7-19)41-42(38,39)40)28(37)31(16-25(33)34(32)18(2)35)15-20-8-11-23(29)22-5-4-12-30-27(20)22;;/h3-12,24-25H,1,13-17H2,2H3,(H2,38,39,40);;/q;2*+1/p-2/t24-,25-;;/m0../s1. The average Bonchev–Trinajstić information content (AvgIpc) is 2.92. The zero-order valence-electron chi connectivity index (χ0n) is 24.6. The second kappa shape index (κ2) is 15.2. The summed E-state index contributed by atoms with van der Waals surface area (Å²) >= 11 is 6.39. The quantitative estimate of drug-likeness (QED) is 0.133. The molecule has 2 aliphatic heterocycles. The Morgan fingerprint density at radius 1 is 1.16 bits per heavy atom. The number of nitrogens with zero attached hydrogens (tertiary/aromatic N) is 5. The second-order valence-electron chi connectivity index (χ2n) is 10.0. The van der Waals surface area contributed by atoms with Crippen LogP contribution in [0.25, 0.3) is 10.9 Å². The van der Waals surface area contributed by atoms with Crippen molar-refractivity contribution in [3.05, 3.63) is 83.5 Å². The number of hydrogen-bond donors (Lipinski definition) is 0. The van der Waals surface area contributed by atoms with Gasteiger partial charge in [-0.1, -0.05) is 35.9 Å². The van der Waals surface area contributed by atoms with Gasteiger partial charge in [0.05, 0.1) is 18.6 Å². The molecule has 5 rings (SSSR count). The summed E-state index contributed by atoms with van der Waals surface area (Å²) in [5, 5.41) is 4.36. The summed E-state index contributed by atoms with van der Waals surface area (Å²) in [5.41, 5.74) is 1.97. The van der Waals surface area contributed by atoms with Gasteiger partial charge in [-0.3, -0.25) is 24.4 Å². The molecular weight excluding hydrogens is 631 g/mol. The molecule has 2 fully saturated rings. The van der Waals surface area contributed by atoms with Crippen LogP contribution in [-0.2, 0) is 31.9 Å². The van der Waals surface area contributed by atoms with Crippen LogP contribution in [0.2, 0.25) is 5.02 Å². The molecule has 12 nitrogen and oxygen atoms in total. The summed E-state index contributed by atoms with van der Waals surface area (Å²) in [6, 6.07) is 11.8. The number of amides is 3. The van der Waals surface area contributed by atoms with Crippen molar-refractivity contribution in [3.63, 3.8) is 0 Å². The van der Waals surface area contributed by atoms with Crippen LogP contribution in [0.15, 0.2) is 67.4 Å². The van der Waals surface area contributed by atoms with E-state index < -0.39 is 20.0 Å². The van der Waals surface area contributed by atoms with Crippen molar-refractivity contribution in [2.45, 2.75) is 32.1 Å². The van der Waals surface area contributed by atoms with Gasteiger partial charge in [0.15, 0.2) is 0 Å². The zero-order chi connectivity index (χ0) is 30.2. The Morgan fingerprint density at radius 2 is 1.86 bits per heavy atom. The number of halogens is 1. The maximum absolute atomic E-state index is 14.1. The van der Waals surface area contributed by atoms with E-state index in [9.17, 15) is 28.7 Å². The van der Waals surface area contributed by atoms with E-state index in [2.05, 4.69) is 16.1 Å². The number of piperazine rings is 1. The smallest absolute Gasteiger partial charge is 0.780 e. The molecule has 16 heteroatoms. The van der Waals surface area contributed by atoms with Crippen molar-refractivity contribution in [1.82, 2.24) is 24.8 Å². The largest absolute Gasteiger partial charge is 1.00 e. The Kier molecular flexibility index (Phi) is 12.7. The molecule has 0 N–H and O–H groups in total. The van der Waals surface area contributed by atoms with Gasteiger partial charge in [0, 0.05) is 43.0 Å². The SMILES string of the molecule is C=CCN1CC(=O)N2[C@@H](Cc3ccc(OP(=O)([O-])[O-])cc3)C(=O)N(Cc3ccc(Cl)c4cccnc34)C[C@@H]2N1C(C)=O.[Na+].[Na+]. The molecule has 2 aliphatic rings. The summed E-state index contributed by atoms with van der Waals surface area (Å²) in [6.45, 7) is 5.49. The molecule has 2 atom stereocenters. The fourth-order valence-corrected chi connectivity index (χ4v) is 6.15. The summed E-state index contributed by atoms with van der Waals surface area (Å²) in [4.78, 5) is 70.0. The van der Waals surface area contributed by atoms with Gasteiger partial charge in [-0.25, -0.2) is 5.01 Å². The van der Waals surface area contributed by atoms with Crippen LogP contribution < -0.4 is 73.4 Å². The van der Waals surface area contributed by atoms with E-state index in [1.54, 1.807) is 40.4 Å². The Bertz CT molecular complexity index is 1610. The first kappa shape index (κ1) is 36.7. The van der Waals surface area contributed by atoms with E-state index in [1.165, 1.54) is 41.1 Å². The molecule has 1 aromatic heterocycles. The predicted octanol–water partition coefficient (Wildman–Crippen LogP) is -4.52. The Hall–Kier alpha value is -1.80. The van der Waals surface area contributed by atoms with Crippen molar-refractivity contribution >= 4 is 48.0 Å². The van der Waals surface area contributed by atoms with E-state index >= 15 is 0 Å². The average molecular weight is 658 g/mol. The molecule has 220 valence electrons. The maximum Gasteiger partial charge on any atom is 1.00 e. The normalized spacial score (nSPS) is 18.8. The predicted molar refractivity (Wildman–Crippen MR) is 149 cm³/mol. The molecule has 0 aliphatic carbocycles. The van der Waals surface area contributed by atoms with Crippen LogP contribution in [0, 0.1) is 0 Å². The van der Waals surface area contributed by atoms with E-state index in [0.717, 1.165) is 10.9 Å². The van der Waals surface area contributed by atoms with Crippen LogP contribution in [0.1, 0.15) is 18.1 Å². The molecular formula is C28H27ClN5Na2O7P. The molecule has 44 heavy (non-hydrogen) atoms. The number of phosphoric acid groups is 1. The summed E-state index contributed by atoms with van der Waals surface area (Å²) in [5.74, 6) is -1.12. The molecule has 0 radical (unpaired) electrons. The number of phosphoric ester groups is 1. The van der Waals surface area contributed by atoms with Crippen LogP contribution in [0.5, 0.6) is 5.75 Å². The van der Waals surface area contributed by atoms with Gasteiger partial charge >= 0.3 is 59.1 Å². The minimum atomic E-state index is -5.24. The number of rotatable bonds is 8. The minimum absolute atomic E-state index is 0. The first-order valence-corrected chi connectivity index (χ1v) is 14.9. The summed E-state index contributed by atoms with van der Waals surface area (Å²) in [6.07, 6.45) is 2.52. The van der Waals surface area contributed by atoms with Crippen molar-refractivity contribution in [3.8, 4) is 5.75 Å². The summed E-state index contributed by atoms with van der Waals surface area (Å²) < 4.78 is 15.4. The third-order valence-electron chi connectivity index (χ3n) is 7.22. The number of carbonyl (C=O) groups excluding carboxylic acids is 3. The molecule has 0 saturated carbocycles. The number of fused-ring (bicyclic) bond motifs is 2. The molecule has 3 amide bonds.